The van der Waals surface area contributed by atoms with Crippen molar-refractivity contribution in [3.05, 3.63) is 0 Å². The molecule has 0 radical (unpaired) electrons. The van der Waals surface area contributed by atoms with Gasteiger partial charge in [-0.25, -0.2) is 0 Å². The second-order valence-electron chi connectivity index (χ2n) is 4.60. The van der Waals surface area contributed by atoms with Crippen molar-refractivity contribution < 1.29 is 19.4 Å². The summed E-state index contributed by atoms with van der Waals surface area (Å²) < 4.78 is 11.2. The third-order valence-corrected chi connectivity index (χ3v) is 4.49. The fourth-order valence-electron chi connectivity index (χ4n) is 3.43. The average Bonchev–Trinajstić information content (AvgIpc) is 2.81. The van der Waals surface area contributed by atoms with E-state index in [1.807, 2.05) is 0 Å². The van der Waals surface area contributed by atoms with Crippen LogP contribution in [0.5, 0.6) is 0 Å². The van der Waals surface area contributed by atoms with E-state index in [0.717, 1.165) is 0 Å². The maximum atomic E-state index is 11.2. The zero-order valence-electron chi connectivity index (χ0n) is 8.19. The highest BCUT2D eigenvalue weighted by Gasteiger charge is 2.65. The fourth-order valence-corrected chi connectivity index (χ4v) is 3.87. The van der Waals surface area contributed by atoms with Crippen molar-refractivity contribution in [2.24, 2.45) is 17.8 Å². The van der Waals surface area contributed by atoms with Gasteiger partial charge in [0.15, 0.2) is 5.79 Å². The first-order valence-corrected chi connectivity index (χ1v) is 5.72. The standard InChI is InChI=1S/C10H13ClO4/c11-7-3-6-8(9(12)13)5(7)4-10(6)14-1-2-15-10/h5-8H,1-4H2,(H,12,13)/t5-,6-,7+,8+/m0/s1. The Morgan fingerprint density at radius 2 is 2.07 bits per heavy atom. The molecule has 4 nitrogen and oxygen atoms in total. The number of hydrogen-bond donors (Lipinski definition) is 1. The van der Waals surface area contributed by atoms with Crippen molar-refractivity contribution in [1.29, 1.82) is 0 Å². The predicted octanol–water partition coefficient (Wildman–Crippen LogP) is 1.08. The molecule has 0 aromatic heterocycles. The molecule has 3 aliphatic rings. The molecule has 2 saturated carbocycles. The third-order valence-electron chi connectivity index (χ3n) is 3.98. The predicted molar refractivity (Wildman–Crippen MR) is 51.6 cm³/mol. The number of carboxylic acids is 1. The second-order valence-corrected chi connectivity index (χ2v) is 5.16. The molecular weight excluding hydrogens is 220 g/mol. The molecule has 84 valence electrons. The number of alkyl halides is 1. The Morgan fingerprint density at radius 1 is 1.40 bits per heavy atom. The zero-order valence-corrected chi connectivity index (χ0v) is 8.94. The van der Waals surface area contributed by atoms with Crippen molar-refractivity contribution in [2.75, 3.05) is 13.2 Å². The molecule has 0 aromatic carbocycles. The summed E-state index contributed by atoms with van der Waals surface area (Å²) in [6, 6.07) is 0. The summed E-state index contributed by atoms with van der Waals surface area (Å²) in [5.74, 6) is -1.83. The monoisotopic (exact) mass is 232 g/mol. The van der Waals surface area contributed by atoms with Gasteiger partial charge in [-0.3, -0.25) is 4.79 Å². The third kappa shape index (κ3) is 1.19. The smallest absolute Gasteiger partial charge is 0.307 e. The normalized spacial score (nSPS) is 46.5. The van der Waals surface area contributed by atoms with Crippen molar-refractivity contribution >= 4 is 17.6 Å². The van der Waals surface area contributed by atoms with Crippen molar-refractivity contribution in [2.45, 2.75) is 24.0 Å². The average molecular weight is 233 g/mol. The number of ether oxygens (including phenoxy) is 2. The summed E-state index contributed by atoms with van der Waals surface area (Å²) in [5.41, 5.74) is 0. The van der Waals surface area contributed by atoms with Gasteiger partial charge < -0.3 is 14.6 Å². The lowest BCUT2D eigenvalue weighted by Gasteiger charge is -2.33. The molecule has 0 unspecified atom stereocenters. The second kappa shape index (κ2) is 3.09. The van der Waals surface area contributed by atoms with Crippen LogP contribution in [0.25, 0.3) is 0 Å². The zero-order chi connectivity index (χ0) is 10.6. The van der Waals surface area contributed by atoms with E-state index in [4.69, 9.17) is 21.1 Å². The SMILES string of the molecule is O=C(O)[C@@H]1[C@H]2CC3(OCCO3)[C@H]1C[C@H]2Cl. The van der Waals surface area contributed by atoms with Gasteiger partial charge in [0.25, 0.3) is 0 Å². The minimum absolute atomic E-state index is 0.00673. The van der Waals surface area contributed by atoms with Gasteiger partial charge in [0.05, 0.1) is 19.1 Å². The number of halogens is 1. The van der Waals surface area contributed by atoms with Gasteiger partial charge in [0.1, 0.15) is 0 Å². The lowest BCUT2D eigenvalue weighted by atomic mass is 9.93. The topological polar surface area (TPSA) is 55.8 Å². The summed E-state index contributed by atoms with van der Waals surface area (Å²) in [7, 11) is 0. The van der Waals surface area contributed by atoms with Crippen LogP contribution in [0.3, 0.4) is 0 Å². The van der Waals surface area contributed by atoms with Crippen molar-refractivity contribution in [3.63, 3.8) is 0 Å². The molecular formula is C10H13ClO4. The first-order valence-electron chi connectivity index (χ1n) is 5.29. The highest BCUT2D eigenvalue weighted by atomic mass is 35.5. The van der Waals surface area contributed by atoms with Gasteiger partial charge in [-0.05, 0) is 12.3 Å². The maximum Gasteiger partial charge on any atom is 0.307 e. The van der Waals surface area contributed by atoms with Crippen LogP contribution in [0.15, 0.2) is 0 Å². The van der Waals surface area contributed by atoms with Crippen LogP contribution in [-0.4, -0.2) is 35.5 Å². The first kappa shape index (κ1) is 9.87. The van der Waals surface area contributed by atoms with Crippen LogP contribution >= 0.6 is 11.6 Å². The quantitative estimate of drug-likeness (QED) is 0.688. The number of hydrogen-bond acceptors (Lipinski definition) is 3. The summed E-state index contributed by atoms with van der Waals surface area (Å²) in [4.78, 5) is 11.2. The number of carbonyl (C=O) groups is 1. The van der Waals surface area contributed by atoms with Crippen LogP contribution < -0.4 is 0 Å². The van der Waals surface area contributed by atoms with Crippen LogP contribution in [0.2, 0.25) is 0 Å². The van der Waals surface area contributed by atoms with E-state index in [0.29, 0.717) is 26.1 Å². The molecule has 0 amide bonds. The molecule has 3 rings (SSSR count). The summed E-state index contributed by atoms with van der Waals surface area (Å²) >= 11 is 6.13. The van der Waals surface area contributed by atoms with E-state index < -0.39 is 11.8 Å². The number of carboxylic acid groups (broad SMARTS) is 1. The lowest BCUT2D eigenvalue weighted by Crippen LogP contribution is -2.39. The highest BCUT2D eigenvalue weighted by Crippen LogP contribution is 2.59. The minimum Gasteiger partial charge on any atom is -0.481 e. The van der Waals surface area contributed by atoms with Crippen LogP contribution in [0.4, 0.5) is 0 Å². The Balaban J connectivity index is 1.92. The first-order chi connectivity index (χ1) is 7.14. The lowest BCUT2D eigenvalue weighted by molar-refractivity contribution is -0.195. The van der Waals surface area contributed by atoms with E-state index in [1.165, 1.54) is 0 Å². The molecule has 15 heavy (non-hydrogen) atoms. The maximum absolute atomic E-state index is 11.2. The van der Waals surface area contributed by atoms with E-state index in [-0.39, 0.29) is 23.1 Å². The summed E-state index contributed by atoms with van der Waals surface area (Å²) in [5, 5.41) is 9.15. The Hall–Kier alpha value is -0.320. The van der Waals surface area contributed by atoms with Crippen LogP contribution in [0, 0.1) is 17.8 Å². The van der Waals surface area contributed by atoms with Gasteiger partial charge in [0, 0.05) is 17.7 Å². The van der Waals surface area contributed by atoms with Crippen LogP contribution in [0.1, 0.15) is 12.8 Å². The van der Waals surface area contributed by atoms with E-state index in [1.54, 1.807) is 0 Å². The number of fused-ring (bicyclic) bond motifs is 3. The van der Waals surface area contributed by atoms with Gasteiger partial charge in [-0.1, -0.05) is 0 Å². The van der Waals surface area contributed by atoms with Gasteiger partial charge >= 0.3 is 5.97 Å². The number of rotatable bonds is 1. The van der Waals surface area contributed by atoms with E-state index in [9.17, 15) is 9.90 Å². The molecule has 1 N–H and O–H groups in total. The molecule has 5 heteroatoms. The molecule has 1 spiro atoms. The minimum atomic E-state index is -0.760. The molecule has 1 aliphatic heterocycles. The Labute approximate surface area is 92.5 Å². The highest BCUT2D eigenvalue weighted by molar-refractivity contribution is 6.21. The largest absolute Gasteiger partial charge is 0.481 e. The molecule has 1 heterocycles. The van der Waals surface area contributed by atoms with Gasteiger partial charge in [-0.2, -0.15) is 0 Å². The van der Waals surface area contributed by atoms with Gasteiger partial charge in [0.2, 0.25) is 0 Å². The summed E-state index contributed by atoms with van der Waals surface area (Å²) in [6.07, 6.45) is 1.34. The Bertz CT molecular complexity index is 300. The molecule has 1 saturated heterocycles. The molecule has 4 atom stereocenters. The van der Waals surface area contributed by atoms with Crippen molar-refractivity contribution in [3.8, 4) is 0 Å². The van der Waals surface area contributed by atoms with Crippen molar-refractivity contribution in [1.82, 2.24) is 0 Å². The molecule has 2 aliphatic carbocycles. The summed E-state index contributed by atoms with van der Waals surface area (Å²) in [6.45, 7) is 1.14. The molecule has 2 bridgehead atoms. The molecule has 0 aromatic rings. The number of aliphatic carboxylic acids is 1. The Morgan fingerprint density at radius 3 is 2.60 bits per heavy atom. The van der Waals surface area contributed by atoms with E-state index >= 15 is 0 Å². The van der Waals surface area contributed by atoms with Crippen LogP contribution in [-0.2, 0) is 14.3 Å². The Kier molecular flexibility index (Phi) is 2.03. The van der Waals surface area contributed by atoms with Gasteiger partial charge in [-0.15, -0.1) is 11.6 Å². The molecule has 3 fully saturated rings. The fraction of sp³-hybridized carbons (Fsp3) is 0.900. The van der Waals surface area contributed by atoms with E-state index in [2.05, 4.69) is 0 Å².